The van der Waals surface area contributed by atoms with Crippen LogP contribution in [0, 0.1) is 0 Å². The van der Waals surface area contributed by atoms with Gasteiger partial charge in [-0.1, -0.05) is 55.5 Å². The van der Waals surface area contributed by atoms with Crippen molar-refractivity contribution in [3.05, 3.63) is 52.0 Å². The zero-order valence-corrected chi connectivity index (χ0v) is 17.5. The van der Waals surface area contributed by atoms with Crippen LogP contribution < -0.4 is 5.73 Å². The van der Waals surface area contributed by atoms with E-state index in [4.69, 9.17) is 34.0 Å². The molecule has 0 saturated heterocycles. The Morgan fingerprint density at radius 3 is 2.46 bits per heavy atom. The van der Waals surface area contributed by atoms with Gasteiger partial charge in [0.1, 0.15) is 5.82 Å². The number of aromatic carboxylic acids is 1. The van der Waals surface area contributed by atoms with Crippen LogP contribution in [0.1, 0.15) is 49.9 Å². The Labute approximate surface area is 174 Å². The van der Waals surface area contributed by atoms with E-state index in [0.29, 0.717) is 38.5 Å². The average molecular weight is 422 g/mol. The third-order valence-electron chi connectivity index (χ3n) is 4.19. The van der Waals surface area contributed by atoms with Crippen molar-refractivity contribution >= 4 is 40.2 Å². The summed E-state index contributed by atoms with van der Waals surface area (Å²) < 4.78 is 0. The number of carboxylic acid groups (broad SMARTS) is 1. The highest BCUT2D eigenvalue weighted by atomic mass is 35.5. The lowest BCUT2D eigenvalue weighted by Gasteiger charge is -2.02. The Balaban J connectivity index is 0.000000300. The molecule has 0 fully saturated rings. The summed E-state index contributed by atoms with van der Waals surface area (Å²) in [6, 6.07) is 10.3. The number of hydrogen-bond acceptors (Lipinski definition) is 3. The first kappa shape index (κ1) is 22.2. The van der Waals surface area contributed by atoms with Crippen molar-refractivity contribution < 1.29 is 9.90 Å². The van der Waals surface area contributed by atoms with Gasteiger partial charge >= 0.3 is 5.97 Å². The summed E-state index contributed by atoms with van der Waals surface area (Å²) in [6.07, 6.45) is 5.12. The molecule has 0 aliphatic rings. The minimum Gasteiger partial charge on any atom is -0.478 e. The molecule has 4 N–H and O–H groups in total. The first-order valence-electron chi connectivity index (χ1n) is 9.26. The van der Waals surface area contributed by atoms with Crippen LogP contribution in [0.15, 0.2) is 36.4 Å². The SMILES string of the molecule is CCCCCC(C)N.O=C(O)c1ccc2nc(-c3c(Cl)cccc3Cl)[nH]c2c1. The summed E-state index contributed by atoms with van der Waals surface area (Å²) in [4.78, 5) is 18.4. The first-order valence-corrected chi connectivity index (χ1v) is 10.0. The van der Waals surface area contributed by atoms with Crippen molar-refractivity contribution in [2.24, 2.45) is 5.73 Å². The highest BCUT2D eigenvalue weighted by molar-refractivity contribution is 6.39. The van der Waals surface area contributed by atoms with Crippen LogP contribution in [-0.2, 0) is 0 Å². The fraction of sp³-hybridized carbons (Fsp3) is 0.333. The lowest BCUT2D eigenvalue weighted by molar-refractivity contribution is 0.0697. The van der Waals surface area contributed by atoms with Crippen LogP contribution in [0.4, 0.5) is 0 Å². The van der Waals surface area contributed by atoms with Gasteiger partial charge in [-0.2, -0.15) is 0 Å². The molecule has 1 atom stereocenters. The number of nitrogens with two attached hydrogens (primary N) is 1. The number of hydrogen-bond donors (Lipinski definition) is 3. The normalized spacial score (nSPS) is 11.8. The van der Waals surface area contributed by atoms with Gasteiger partial charge in [0.25, 0.3) is 0 Å². The molecule has 7 heteroatoms. The number of nitrogens with one attached hydrogen (secondary N) is 1. The average Bonchev–Trinajstić information content (AvgIpc) is 3.04. The maximum absolute atomic E-state index is 11.0. The van der Waals surface area contributed by atoms with E-state index in [1.807, 2.05) is 0 Å². The van der Waals surface area contributed by atoms with Crippen LogP contribution in [0.5, 0.6) is 0 Å². The lowest BCUT2D eigenvalue weighted by atomic mass is 10.1. The van der Waals surface area contributed by atoms with E-state index in [-0.39, 0.29) is 5.56 Å². The van der Waals surface area contributed by atoms with Gasteiger partial charge in [-0.3, -0.25) is 0 Å². The quantitative estimate of drug-likeness (QED) is 0.416. The molecule has 0 saturated carbocycles. The molecule has 0 bridgehead atoms. The third-order valence-corrected chi connectivity index (χ3v) is 4.82. The number of imidazole rings is 1. The largest absolute Gasteiger partial charge is 0.478 e. The van der Waals surface area contributed by atoms with E-state index in [0.717, 1.165) is 0 Å². The van der Waals surface area contributed by atoms with Gasteiger partial charge in [0.05, 0.1) is 32.2 Å². The van der Waals surface area contributed by atoms with E-state index in [9.17, 15) is 4.79 Å². The van der Waals surface area contributed by atoms with E-state index in [1.165, 1.54) is 37.8 Å². The molecule has 28 heavy (non-hydrogen) atoms. The van der Waals surface area contributed by atoms with Crippen LogP contribution in [0.25, 0.3) is 22.4 Å². The molecule has 1 heterocycles. The van der Waals surface area contributed by atoms with E-state index >= 15 is 0 Å². The number of halogens is 2. The minimum atomic E-state index is -0.987. The molecule has 2 aromatic carbocycles. The maximum atomic E-state index is 11.0. The summed E-state index contributed by atoms with van der Waals surface area (Å²) in [6.45, 7) is 4.27. The fourth-order valence-corrected chi connectivity index (χ4v) is 3.28. The number of H-pyrrole nitrogens is 1. The molecule has 0 spiro atoms. The Morgan fingerprint density at radius 2 is 1.89 bits per heavy atom. The van der Waals surface area contributed by atoms with Crippen molar-refractivity contribution in [2.45, 2.75) is 45.6 Å². The summed E-state index contributed by atoms with van der Waals surface area (Å²) in [5.41, 5.74) is 7.60. The smallest absolute Gasteiger partial charge is 0.335 e. The summed E-state index contributed by atoms with van der Waals surface area (Å²) in [5.74, 6) is -0.475. The molecular weight excluding hydrogens is 397 g/mol. The monoisotopic (exact) mass is 421 g/mol. The highest BCUT2D eigenvalue weighted by Gasteiger charge is 2.13. The minimum absolute atomic E-state index is 0.193. The second kappa shape index (κ2) is 10.5. The van der Waals surface area contributed by atoms with Crippen molar-refractivity contribution in [2.75, 3.05) is 0 Å². The van der Waals surface area contributed by atoms with Crippen LogP contribution >= 0.6 is 23.2 Å². The van der Waals surface area contributed by atoms with Gasteiger partial charge in [0.2, 0.25) is 0 Å². The zero-order valence-electron chi connectivity index (χ0n) is 16.0. The molecule has 0 aliphatic heterocycles. The van der Waals surface area contributed by atoms with E-state index < -0.39 is 5.97 Å². The standard InChI is InChI=1S/C14H8Cl2N2O2.C7H17N/c15-8-2-1-3-9(16)12(8)13-17-10-5-4-7(14(19)20)6-11(10)18-13;1-3-4-5-6-7(2)8/h1-6H,(H,17,18)(H,19,20);7H,3-6,8H2,1-2H3. The number of carbonyl (C=O) groups is 1. The summed E-state index contributed by atoms with van der Waals surface area (Å²) in [5, 5.41) is 9.94. The van der Waals surface area contributed by atoms with E-state index in [2.05, 4.69) is 23.8 Å². The maximum Gasteiger partial charge on any atom is 0.335 e. The molecule has 5 nitrogen and oxygen atoms in total. The molecule has 0 aliphatic carbocycles. The molecule has 0 amide bonds. The Morgan fingerprint density at radius 1 is 1.21 bits per heavy atom. The molecule has 1 unspecified atom stereocenters. The van der Waals surface area contributed by atoms with Crippen molar-refractivity contribution in [1.29, 1.82) is 0 Å². The van der Waals surface area contributed by atoms with Gasteiger partial charge < -0.3 is 15.8 Å². The Kier molecular flexibility index (Phi) is 8.30. The Hall–Kier alpha value is -2.08. The van der Waals surface area contributed by atoms with Gasteiger partial charge in [-0.05, 0) is 43.7 Å². The van der Waals surface area contributed by atoms with Gasteiger partial charge in [-0.15, -0.1) is 0 Å². The van der Waals surface area contributed by atoms with Gasteiger partial charge in [0, 0.05) is 6.04 Å². The topological polar surface area (TPSA) is 92.0 Å². The molecule has 3 aromatic rings. The molecule has 150 valence electrons. The van der Waals surface area contributed by atoms with Crippen LogP contribution in [-0.4, -0.2) is 27.1 Å². The van der Waals surface area contributed by atoms with Crippen molar-refractivity contribution in [3.63, 3.8) is 0 Å². The summed E-state index contributed by atoms with van der Waals surface area (Å²) >= 11 is 12.3. The first-order chi connectivity index (χ1) is 13.3. The Bertz CT molecular complexity index is 918. The second-order valence-electron chi connectivity index (χ2n) is 6.69. The predicted molar refractivity (Wildman–Crippen MR) is 116 cm³/mol. The van der Waals surface area contributed by atoms with E-state index in [1.54, 1.807) is 24.3 Å². The lowest BCUT2D eigenvalue weighted by Crippen LogP contribution is -2.13. The number of rotatable bonds is 6. The number of fused-ring (bicyclic) bond motifs is 1. The number of nitrogens with zero attached hydrogens (tertiary/aromatic N) is 1. The van der Waals surface area contributed by atoms with Crippen molar-refractivity contribution in [1.82, 2.24) is 9.97 Å². The molecular formula is C21H25Cl2N3O2. The summed E-state index contributed by atoms with van der Waals surface area (Å²) in [7, 11) is 0. The van der Waals surface area contributed by atoms with Crippen LogP contribution in [0.2, 0.25) is 10.0 Å². The number of aromatic nitrogens is 2. The highest BCUT2D eigenvalue weighted by Crippen LogP contribution is 2.33. The van der Waals surface area contributed by atoms with Crippen molar-refractivity contribution in [3.8, 4) is 11.4 Å². The van der Waals surface area contributed by atoms with Gasteiger partial charge in [0.15, 0.2) is 0 Å². The predicted octanol–water partition coefficient (Wildman–Crippen LogP) is 6.15. The van der Waals surface area contributed by atoms with Crippen LogP contribution in [0.3, 0.4) is 0 Å². The van der Waals surface area contributed by atoms with Gasteiger partial charge in [-0.25, -0.2) is 9.78 Å². The third kappa shape index (κ3) is 5.96. The fourth-order valence-electron chi connectivity index (χ4n) is 2.70. The molecule has 0 radical (unpaired) electrons. The zero-order chi connectivity index (χ0) is 20.7. The number of carboxylic acids is 1. The second-order valence-corrected chi connectivity index (χ2v) is 7.51. The number of aromatic amines is 1. The molecule has 1 aromatic heterocycles. The number of unbranched alkanes of at least 4 members (excludes halogenated alkanes) is 2. The molecule has 3 rings (SSSR count). The number of benzene rings is 2.